The molecule has 9 nitrogen and oxygen atoms in total. The number of fused-ring (bicyclic) bond motifs is 1. The van der Waals surface area contributed by atoms with Crippen LogP contribution in [0.4, 0.5) is 0 Å². The molecule has 0 radical (unpaired) electrons. The van der Waals surface area contributed by atoms with E-state index in [1.165, 1.54) is 0 Å². The summed E-state index contributed by atoms with van der Waals surface area (Å²) in [5, 5.41) is 2.84. The molecule has 0 aliphatic heterocycles. The van der Waals surface area contributed by atoms with Crippen LogP contribution in [-0.4, -0.2) is 58.5 Å². The second kappa shape index (κ2) is 11.1. The van der Waals surface area contributed by atoms with Crippen LogP contribution in [0.25, 0.3) is 33.6 Å². The molecule has 4 rings (SSSR count). The Morgan fingerprint density at radius 3 is 2.42 bits per heavy atom. The first-order chi connectivity index (χ1) is 17.5. The number of nitrogens with two attached hydrogens (primary N) is 1. The van der Waals surface area contributed by atoms with Gasteiger partial charge in [-0.2, -0.15) is 0 Å². The molecule has 9 heteroatoms. The fraction of sp³-hybridized carbons (Fsp3) is 0.259. The number of carbonyl (C=O) groups excluding carboxylic acids is 1. The third kappa shape index (κ3) is 5.12. The van der Waals surface area contributed by atoms with Crippen LogP contribution in [0, 0.1) is 0 Å². The molecule has 0 unspecified atom stereocenters. The summed E-state index contributed by atoms with van der Waals surface area (Å²) >= 11 is 0. The molecule has 0 fully saturated rings. The number of rotatable bonds is 10. The number of furan rings is 1. The molecule has 0 bridgehead atoms. The summed E-state index contributed by atoms with van der Waals surface area (Å²) in [6, 6.07) is 14.4. The maximum Gasteiger partial charge on any atom is 0.251 e. The van der Waals surface area contributed by atoms with Crippen molar-refractivity contribution in [1.29, 1.82) is 0 Å². The Hall–Kier alpha value is -4.08. The summed E-state index contributed by atoms with van der Waals surface area (Å²) < 4.78 is 27.7. The Morgan fingerprint density at radius 1 is 1.00 bits per heavy atom. The molecule has 2 aromatic heterocycles. The van der Waals surface area contributed by atoms with Gasteiger partial charge in [-0.25, -0.2) is 0 Å². The number of carbonyl (C=O) groups is 1. The quantitative estimate of drug-likeness (QED) is 0.343. The number of nitrogens with zero attached hydrogens (tertiary/aromatic N) is 1. The molecule has 188 valence electrons. The second-order valence-corrected chi connectivity index (χ2v) is 8.10. The summed E-state index contributed by atoms with van der Waals surface area (Å²) in [7, 11) is 6.25. The van der Waals surface area contributed by atoms with Gasteiger partial charge in [-0.1, -0.05) is 12.1 Å². The van der Waals surface area contributed by atoms with Crippen molar-refractivity contribution in [3.63, 3.8) is 0 Å². The van der Waals surface area contributed by atoms with E-state index in [0.717, 1.165) is 16.7 Å². The maximum atomic E-state index is 12.7. The van der Waals surface area contributed by atoms with E-state index in [-0.39, 0.29) is 11.9 Å². The van der Waals surface area contributed by atoms with Crippen molar-refractivity contribution in [1.82, 2.24) is 10.3 Å². The average Bonchev–Trinajstić information content (AvgIpc) is 3.35. The second-order valence-electron chi connectivity index (χ2n) is 8.10. The highest BCUT2D eigenvalue weighted by Gasteiger charge is 2.18. The van der Waals surface area contributed by atoms with E-state index in [1.54, 1.807) is 40.7 Å². The van der Waals surface area contributed by atoms with Crippen LogP contribution < -0.4 is 25.3 Å². The minimum absolute atomic E-state index is 0.216. The molecular weight excluding hydrogens is 462 g/mol. The smallest absolute Gasteiger partial charge is 0.251 e. The first kappa shape index (κ1) is 25.0. The number of aromatic nitrogens is 1. The average molecular weight is 492 g/mol. The van der Waals surface area contributed by atoms with Gasteiger partial charge in [0.15, 0.2) is 17.1 Å². The summed E-state index contributed by atoms with van der Waals surface area (Å²) in [4.78, 5) is 17.2. The predicted molar refractivity (Wildman–Crippen MR) is 137 cm³/mol. The van der Waals surface area contributed by atoms with E-state index >= 15 is 0 Å². The van der Waals surface area contributed by atoms with Gasteiger partial charge in [-0.15, -0.1) is 0 Å². The maximum absolute atomic E-state index is 12.7. The lowest BCUT2D eigenvalue weighted by Crippen LogP contribution is -2.39. The number of benzene rings is 2. The number of hydrogen-bond acceptors (Lipinski definition) is 8. The summed E-state index contributed by atoms with van der Waals surface area (Å²) in [5.41, 5.74) is 10.1. The van der Waals surface area contributed by atoms with Crippen LogP contribution in [0.3, 0.4) is 0 Å². The van der Waals surface area contributed by atoms with Crippen LogP contribution >= 0.6 is 0 Å². The first-order valence-electron chi connectivity index (χ1n) is 11.3. The zero-order valence-corrected chi connectivity index (χ0v) is 20.7. The van der Waals surface area contributed by atoms with Gasteiger partial charge in [0.2, 0.25) is 5.75 Å². The van der Waals surface area contributed by atoms with Crippen LogP contribution in [0.5, 0.6) is 17.2 Å². The highest BCUT2D eigenvalue weighted by atomic mass is 16.5. The van der Waals surface area contributed by atoms with Crippen molar-refractivity contribution >= 4 is 17.0 Å². The Balaban J connectivity index is 1.69. The van der Waals surface area contributed by atoms with Crippen LogP contribution in [0.15, 0.2) is 59.1 Å². The van der Waals surface area contributed by atoms with Gasteiger partial charge in [-0.3, -0.25) is 9.78 Å². The molecule has 0 saturated heterocycles. The zero-order chi connectivity index (χ0) is 25.7. The summed E-state index contributed by atoms with van der Waals surface area (Å²) in [5.74, 6) is 1.90. The zero-order valence-electron chi connectivity index (χ0n) is 20.7. The number of methoxy groups -OCH3 is 4. The minimum Gasteiger partial charge on any atom is -0.493 e. The SMILES string of the molecule is COC[C@H](N)CNC(=O)c1cccc(-c2ccnc3cc(-c4cc(OC)c(OC)c(OC)c4)oc23)c1. The van der Waals surface area contributed by atoms with Crippen LogP contribution in [0.2, 0.25) is 0 Å². The van der Waals surface area contributed by atoms with E-state index in [9.17, 15) is 4.79 Å². The molecule has 3 N–H and O–H groups in total. The van der Waals surface area contributed by atoms with Crippen molar-refractivity contribution < 1.29 is 28.2 Å². The number of pyridine rings is 1. The summed E-state index contributed by atoms with van der Waals surface area (Å²) in [6.07, 6.45) is 1.71. The van der Waals surface area contributed by atoms with E-state index in [2.05, 4.69) is 10.3 Å². The lowest BCUT2D eigenvalue weighted by molar-refractivity contribution is 0.0943. The molecule has 1 atom stereocenters. The molecule has 0 aliphatic rings. The third-order valence-corrected chi connectivity index (χ3v) is 5.70. The van der Waals surface area contributed by atoms with E-state index in [1.807, 2.05) is 42.5 Å². The normalized spacial score (nSPS) is 11.8. The first-order valence-corrected chi connectivity index (χ1v) is 11.3. The topological polar surface area (TPSA) is 118 Å². The Bertz CT molecular complexity index is 1340. The molecule has 36 heavy (non-hydrogen) atoms. The lowest BCUT2D eigenvalue weighted by Gasteiger charge is -2.13. The molecule has 0 aliphatic carbocycles. The minimum atomic E-state index is -0.279. The largest absolute Gasteiger partial charge is 0.493 e. The number of amides is 1. The lowest BCUT2D eigenvalue weighted by atomic mass is 10.0. The summed E-state index contributed by atoms with van der Waals surface area (Å²) in [6.45, 7) is 0.675. The Kier molecular flexibility index (Phi) is 7.72. The number of hydrogen-bond donors (Lipinski definition) is 2. The van der Waals surface area contributed by atoms with Gasteiger partial charge in [-0.05, 0) is 35.9 Å². The van der Waals surface area contributed by atoms with Crippen molar-refractivity contribution in [3.05, 3.63) is 60.3 Å². The Morgan fingerprint density at radius 2 is 1.75 bits per heavy atom. The fourth-order valence-electron chi connectivity index (χ4n) is 3.96. The molecule has 4 aromatic rings. The Labute approximate surface area is 209 Å². The number of nitrogens with one attached hydrogen (secondary N) is 1. The van der Waals surface area contributed by atoms with Gasteiger partial charge < -0.3 is 34.4 Å². The molecule has 2 aromatic carbocycles. The monoisotopic (exact) mass is 491 g/mol. The highest BCUT2D eigenvalue weighted by molar-refractivity contribution is 5.98. The number of ether oxygens (including phenoxy) is 4. The highest BCUT2D eigenvalue weighted by Crippen LogP contribution is 2.42. The van der Waals surface area contributed by atoms with Gasteiger partial charge >= 0.3 is 0 Å². The molecule has 0 saturated carbocycles. The van der Waals surface area contributed by atoms with Gasteiger partial charge in [0.1, 0.15) is 11.3 Å². The van der Waals surface area contributed by atoms with E-state index in [0.29, 0.717) is 52.8 Å². The van der Waals surface area contributed by atoms with Gasteiger partial charge in [0.05, 0.1) is 27.9 Å². The van der Waals surface area contributed by atoms with Gasteiger partial charge in [0.25, 0.3) is 5.91 Å². The predicted octanol–water partition coefficient (Wildman–Crippen LogP) is 3.89. The van der Waals surface area contributed by atoms with Crippen molar-refractivity contribution in [2.24, 2.45) is 5.73 Å². The van der Waals surface area contributed by atoms with Crippen molar-refractivity contribution in [2.45, 2.75) is 6.04 Å². The molecule has 0 spiro atoms. The molecule has 2 heterocycles. The van der Waals surface area contributed by atoms with Crippen molar-refractivity contribution in [3.8, 4) is 39.7 Å². The third-order valence-electron chi connectivity index (χ3n) is 5.70. The molecule has 1 amide bonds. The van der Waals surface area contributed by atoms with Crippen molar-refractivity contribution in [2.75, 3.05) is 41.6 Å². The van der Waals surface area contributed by atoms with Gasteiger partial charge in [0, 0.05) is 48.6 Å². The standard InChI is InChI=1S/C27H29N3O6/c1-32-15-19(28)14-30-27(31)17-7-5-6-16(10-17)20-8-9-29-21-13-22(36-25(20)21)18-11-23(33-2)26(35-4)24(12-18)34-3/h5-13,19H,14-15,28H2,1-4H3,(H,30,31)/t19-/m1/s1. The van der Waals surface area contributed by atoms with Crippen LogP contribution in [-0.2, 0) is 4.74 Å². The van der Waals surface area contributed by atoms with E-state index < -0.39 is 0 Å². The molecular formula is C27H29N3O6. The van der Waals surface area contributed by atoms with E-state index in [4.69, 9.17) is 29.1 Å². The van der Waals surface area contributed by atoms with Crippen LogP contribution in [0.1, 0.15) is 10.4 Å². The fourth-order valence-corrected chi connectivity index (χ4v) is 3.96.